The van der Waals surface area contributed by atoms with Crippen LogP contribution in [0.15, 0.2) is 84.1 Å². The van der Waals surface area contributed by atoms with Gasteiger partial charge < -0.3 is 9.55 Å². The van der Waals surface area contributed by atoms with Gasteiger partial charge in [-0.15, -0.1) is 0 Å². The third-order valence-electron chi connectivity index (χ3n) is 5.00. The number of H-pyrrole nitrogens is 1. The Morgan fingerprint density at radius 2 is 1.50 bits per heavy atom. The van der Waals surface area contributed by atoms with Gasteiger partial charge in [0.25, 0.3) is 5.91 Å². The first kappa shape index (κ1) is 16.3. The molecule has 136 valence electrons. The largest absolute Gasteiger partial charge is 0.361 e. The fourth-order valence-corrected chi connectivity index (χ4v) is 3.73. The minimum atomic E-state index is -0.164. The Hall–Kier alpha value is -3.86. The maximum Gasteiger partial charge on any atom is 0.260 e. The quantitative estimate of drug-likeness (QED) is 0.359. The van der Waals surface area contributed by atoms with Crippen LogP contribution in [0.25, 0.3) is 32.7 Å². The van der Waals surface area contributed by atoms with E-state index in [1.54, 1.807) is 6.21 Å². The zero-order valence-corrected chi connectivity index (χ0v) is 15.1. The first-order chi connectivity index (χ1) is 13.8. The number of carbonyl (C=O) groups is 1. The number of hydrogen-bond donors (Lipinski definition) is 2. The van der Waals surface area contributed by atoms with Crippen LogP contribution >= 0.6 is 0 Å². The van der Waals surface area contributed by atoms with E-state index in [0.717, 1.165) is 38.3 Å². The third kappa shape index (κ3) is 2.74. The van der Waals surface area contributed by atoms with Crippen LogP contribution in [0.5, 0.6) is 0 Å². The number of aromatic amines is 1. The van der Waals surface area contributed by atoms with E-state index >= 15 is 0 Å². The Morgan fingerprint density at radius 1 is 0.893 bits per heavy atom. The van der Waals surface area contributed by atoms with Crippen molar-refractivity contribution in [3.63, 3.8) is 0 Å². The van der Waals surface area contributed by atoms with Crippen LogP contribution in [0.4, 0.5) is 0 Å². The van der Waals surface area contributed by atoms with Crippen molar-refractivity contribution in [2.24, 2.45) is 5.10 Å². The number of hydrogen-bond acceptors (Lipinski definition) is 2. The molecule has 0 spiro atoms. The second-order valence-electron chi connectivity index (χ2n) is 6.70. The smallest absolute Gasteiger partial charge is 0.260 e. The SMILES string of the molecule is O=C(Cn1c2ccccc2c2ccccc21)N/N=C/c1c[nH]c2ccccc12. The average Bonchev–Trinajstić information content (AvgIpc) is 3.28. The summed E-state index contributed by atoms with van der Waals surface area (Å²) in [7, 11) is 0. The summed E-state index contributed by atoms with van der Waals surface area (Å²) in [5, 5.41) is 7.51. The number of carbonyl (C=O) groups excluding carboxylic acids is 1. The Bertz CT molecular complexity index is 1290. The maximum atomic E-state index is 12.5. The van der Waals surface area contributed by atoms with Crippen molar-refractivity contribution in [1.29, 1.82) is 0 Å². The van der Waals surface area contributed by atoms with E-state index in [1.807, 2.05) is 71.4 Å². The molecule has 2 heterocycles. The molecule has 28 heavy (non-hydrogen) atoms. The van der Waals surface area contributed by atoms with Crippen molar-refractivity contribution in [1.82, 2.24) is 15.0 Å². The summed E-state index contributed by atoms with van der Waals surface area (Å²) < 4.78 is 2.03. The van der Waals surface area contributed by atoms with E-state index in [4.69, 9.17) is 0 Å². The molecule has 0 aliphatic carbocycles. The summed E-state index contributed by atoms with van der Waals surface area (Å²) in [4.78, 5) is 15.7. The number of amides is 1. The van der Waals surface area contributed by atoms with Crippen LogP contribution in [0, 0.1) is 0 Å². The van der Waals surface area contributed by atoms with Crippen molar-refractivity contribution in [2.75, 3.05) is 0 Å². The molecule has 2 N–H and O–H groups in total. The van der Waals surface area contributed by atoms with Crippen LogP contribution in [-0.4, -0.2) is 21.7 Å². The molecular weight excluding hydrogens is 348 g/mol. The minimum Gasteiger partial charge on any atom is -0.361 e. The summed E-state index contributed by atoms with van der Waals surface area (Å²) in [5.41, 5.74) is 6.71. The molecule has 0 saturated heterocycles. The number of para-hydroxylation sites is 3. The lowest BCUT2D eigenvalue weighted by atomic mass is 10.2. The Kier molecular flexibility index (Phi) is 3.91. The predicted molar refractivity (Wildman–Crippen MR) is 113 cm³/mol. The van der Waals surface area contributed by atoms with Crippen molar-refractivity contribution >= 4 is 44.8 Å². The lowest BCUT2D eigenvalue weighted by Crippen LogP contribution is -2.23. The lowest BCUT2D eigenvalue weighted by molar-refractivity contribution is -0.121. The van der Waals surface area contributed by atoms with Crippen molar-refractivity contribution in [3.8, 4) is 0 Å². The van der Waals surface area contributed by atoms with Crippen molar-refractivity contribution in [2.45, 2.75) is 6.54 Å². The van der Waals surface area contributed by atoms with Gasteiger partial charge in [0.05, 0.1) is 6.21 Å². The van der Waals surface area contributed by atoms with Crippen LogP contribution in [0.1, 0.15) is 5.56 Å². The van der Waals surface area contributed by atoms with E-state index in [1.165, 1.54) is 0 Å². The number of aromatic nitrogens is 2. The van der Waals surface area contributed by atoms with Crippen LogP contribution in [0.2, 0.25) is 0 Å². The zero-order chi connectivity index (χ0) is 18.9. The molecule has 0 aliphatic rings. The number of rotatable bonds is 4. The second kappa shape index (κ2) is 6.70. The normalized spacial score (nSPS) is 11.7. The Balaban J connectivity index is 1.40. The van der Waals surface area contributed by atoms with Gasteiger partial charge >= 0.3 is 0 Å². The van der Waals surface area contributed by atoms with Crippen LogP contribution in [0.3, 0.4) is 0 Å². The average molecular weight is 366 g/mol. The summed E-state index contributed by atoms with van der Waals surface area (Å²) in [5.74, 6) is -0.164. The Labute approximate surface area is 161 Å². The molecule has 3 aromatic carbocycles. The molecule has 5 nitrogen and oxygen atoms in total. The topological polar surface area (TPSA) is 62.2 Å². The second-order valence-corrected chi connectivity index (χ2v) is 6.70. The van der Waals surface area contributed by atoms with Crippen molar-refractivity contribution < 1.29 is 4.79 Å². The molecule has 0 aliphatic heterocycles. The molecule has 0 saturated carbocycles. The van der Waals surface area contributed by atoms with Gasteiger partial charge in [0.2, 0.25) is 0 Å². The Morgan fingerprint density at radius 3 is 2.21 bits per heavy atom. The van der Waals surface area contributed by atoms with Gasteiger partial charge in [-0.2, -0.15) is 5.10 Å². The minimum absolute atomic E-state index is 0.164. The zero-order valence-electron chi connectivity index (χ0n) is 15.1. The first-order valence-electron chi connectivity index (χ1n) is 9.15. The van der Waals surface area contributed by atoms with Crippen LogP contribution < -0.4 is 5.43 Å². The number of fused-ring (bicyclic) bond motifs is 4. The molecular formula is C23H18N4O. The van der Waals surface area contributed by atoms with Gasteiger partial charge in [-0.05, 0) is 18.2 Å². The lowest BCUT2D eigenvalue weighted by Gasteiger charge is -2.06. The van der Waals surface area contributed by atoms with Gasteiger partial charge in [0, 0.05) is 44.5 Å². The molecule has 0 fully saturated rings. The highest BCUT2D eigenvalue weighted by Crippen LogP contribution is 2.28. The molecule has 2 aromatic heterocycles. The number of hydrazone groups is 1. The molecule has 0 radical (unpaired) electrons. The molecule has 1 amide bonds. The molecule has 0 unspecified atom stereocenters. The van der Waals surface area contributed by atoms with Gasteiger partial charge in [-0.3, -0.25) is 4.79 Å². The van der Waals surface area contributed by atoms with Gasteiger partial charge in [-0.1, -0.05) is 54.6 Å². The highest BCUT2D eigenvalue weighted by molar-refractivity contribution is 6.08. The monoisotopic (exact) mass is 366 g/mol. The number of nitrogens with zero attached hydrogens (tertiary/aromatic N) is 2. The van der Waals surface area contributed by atoms with Gasteiger partial charge in [0.15, 0.2) is 0 Å². The van der Waals surface area contributed by atoms with Gasteiger partial charge in [-0.25, -0.2) is 5.43 Å². The van der Waals surface area contributed by atoms with Gasteiger partial charge in [0.1, 0.15) is 6.54 Å². The highest BCUT2D eigenvalue weighted by atomic mass is 16.2. The predicted octanol–water partition coefficient (Wildman–Crippen LogP) is 4.43. The van der Waals surface area contributed by atoms with E-state index in [0.29, 0.717) is 0 Å². The molecule has 5 rings (SSSR count). The summed E-state index contributed by atoms with van der Waals surface area (Å²) in [6.45, 7) is 0.208. The first-order valence-corrected chi connectivity index (χ1v) is 9.15. The fourth-order valence-electron chi connectivity index (χ4n) is 3.73. The maximum absolute atomic E-state index is 12.5. The van der Waals surface area contributed by atoms with E-state index < -0.39 is 0 Å². The van der Waals surface area contributed by atoms with E-state index in [2.05, 4.69) is 27.6 Å². The fraction of sp³-hybridized carbons (Fsp3) is 0.0435. The molecule has 0 bridgehead atoms. The third-order valence-corrected chi connectivity index (χ3v) is 5.00. The van der Waals surface area contributed by atoms with E-state index in [-0.39, 0.29) is 12.5 Å². The van der Waals surface area contributed by atoms with Crippen LogP contribution in [-0.2, 0) is 11.3 Å². The summed E-state index contributed by atoms with van der Waals surface area (Å²) in [6.07, 6.45) is 3.55. The molecule has 5 heteroatoms. The number of benzene rings is 3. The number of nitrogens with one attached hydrogen (secondary N) is 2. The molecule has 5 aromatic rings. The summed E-state index contributed by atoms with van der Waals surface area (Å²) >= 11 is 0. The molecule has 0 atom stereocenters. The highest BCUT2D eigenvalue weighted by Gasteiger charge is 2.12. The van der Waals surface area contributed by atoms with E-state index in [9.17, 15) is 4.79 Å². The summed E-state index contributed by atoms with van der Waals surface area (Å²) in [6, 6.07) is 24.3. The van der Waals surface area contributed by atoms with Crippen molar-refractivity contribution in [3.05, 3.63) is 84.6 Å². The standard InChI is InChI=1S/C23H18N4O/c28-23(26-25-14-16-13-24-20-10-4-1-7-17(16)20)15-27-21-11-5-2-8-18(21)19-9-3-6-12-22(19)27/h1-14,24H,15H2,(H,26,28)/b25-14+.